The van der Waals surface area contributed by atoms with Crippen LogP contribution in [0.4, 0.5) is 0 Å². The molecule has 0 spiro atoms. The van der Waals surface area contributed by atoms with Crippen molar-refractivity contribution in [2.45, 2.75) is 26.1 Å². The van der Waals surface area contributed by atoms with Crippen LogP contribution in [0.2, 0.25) is 0 Å². The van der Waals surface area contributed by atoms with E-state index in [-0.39, 0.29) is 12.3 Å². The molecule has 1 amide bonds. The fourth-order valence-electron chi connectivity index (χ4n) is 2.05. The van der Waals surface area contributed by atoms with Crippen LogP contribution in [-0.2, 0) is 14.3 Å². The van der Waals surface area contributed by atoms with Gasteiger partial charge < -0.3 is 14.2 Å². The number of methoxy groups -OCH3 is 1. The Hall–Kier alpha value is -1.92. The SMILES string of the molecule is COc1cccc(/C(C)=N\NC(=O)CC2(C)OCCO2)c1. The molecule has 6 nitrogen and oxygen atoms in total. The van der Waals surface area contributed by atoms with E-state index in [2.05, 4.69) is 10.5 Å². The number of hydrazone groups is 1. The smallest absolute Gasteiger partial charge is 0.245 e. The number of nitrogens with one attached hydrogen (secondary N) is 1. The molecule has 2 rings (SSSR count). The second-order valence-electron chi connectivity index (χ2n) is 4.97. The van der Waals surface area contributed by atoms with Crippen LogP contribution in [0, 0.1) is 0 Å². The number of ether oxygens (including phenoxy) is 3. The number of carbonyl (C=O) groups excluding carboxylic acids is 1. The molecule has 1 heterocycles. The molecule has 1 aromatic rings. The van der Waals surface area contributed by atoms with Crippen molar-refractivity contribution in [3.63, 3.8) is 0 Å². The fraction of sp³-hybridized carbons (Fsp3) is 0.467. The van der Waals surface area contributed by atoms with Gasteiger partial charge >= 0.3 is 0 Å². The molecule has 21 heavy (non-hydrogen) atoms. The minimum Gasteiger partial charge on any atom is -0.497 e. The van der Waals surface area contributed by atoms with Crippen LogP contribution in [-0.4, -0.2) is 37.7 Å². The number of amides is 1. The number of benzene rings is 1. The van der Waals surface area contributed by atoms with E-state index in [0.717, 1.165) is 11.3 Å². The van der Waals surface area contributed by atoms with E-state index in [1.54, 1.807) is 14.0 Å². The Morgan fingerprint density at radius 2 is 2.14 bits per heavy atom. The maximum Gasteiger partial charge on any atom is 0.245 e. The van der Waals surface area contributed by atoms with Crippen LogP contribution >= 0.6 is 0 Å². The average molecular weight is 292 g/mol. The van der Waals surface area contributed by atoms with Crippen LogP contribution in [0.25, 0.3) is 0 Å². The molecule has 0 aromatic heterocycles. The standard InChI is InChI=1S/C15H20N2O4/c1-11(12-5-4-6-13(9-12)19-3)16-17-14(18)10-15(2)20-7-8-21-15/h4-6,9H,7-8,10H2,1-3H3,(H,17,18)/b16-11-. The van der Waals surface area contributed by atoms with Crippen molar-refractivity contribution < 1.29 is 19.0 Å². The lowest BCUT2D eigenvalue weighted by Gasteiger charge is -2.20. The Balaban J connectivity index is 1.94. The second kappa shape index (κ2) is 6.69. The molecule has 114 valence electrons. The molecule has 1 N–H and O–H groups in total. The van der Waals surface area contributed by atoms with Crippen molar-refractivity contribution in [1.29, 1.82) is 0 Å². The molecule has 1 fully saturated rings. The predicted molar refractivity (Wildman–Crippen MR) is 78.3 cm³/mol. The summed E-state index contributed by atoms with van der Waals surface area (Å²) in [5, 5.41) is 4.09. The number of carbonyl (C=O) groups is 1. The van der Waals surface area contributed by atoms with E-state index in [9.17, 15) is 4.79 Å². The Morgan fingerprint density at radius 1 is 1.43 bits per heavy atom. The highest BCUT2D eigenvalue weighted by atomic mass is 16.7. The normalized spacial score (nSPS) is 17.6. The Labute approximate surface area is 124 Å². The van der Waals surface area contributed by atoms with Gasteiger partial charge in [0.1, 0.15) is 5.75 Å². The minimum atomic E-state index is -0.844. The summed E-state index contributed by atoms with van der Waals surface area (Å²) >= 11 is 0. The Bertz CT molecular complexity index is 536. The van der Waals surface area contributed by atoms with E-state index >= 15 is 0 Å². The highest BCUT2D eigenvalue weighted by Gasteiger charge is 2.33. The van der Waals surface area contributed by atoms with Crippen molar-refractivity contribution >= 4 is 11.6 Å². The lowest BCUT2D eigenvalue weighted by atomic mass is 10.1. The lowest BCUT2D eigenvalue weighted by Crippen LogP contribution is -2.33. The Kier molecular flexibility index (Phi) is 4.93. The average Bonchev–Trinajstić information content (AvgIpc) is 2.91. The third-order valence-electron chi connectivity index (χ3n) is 3.22. The zero-order chi connectivity index (χ0) is 15.3. The maximum atomic E-state index is 11.9. The molecule has 0 saturated carbocycles. The lowest BCUT2D eigenvalue weighted by molar-refractivity contribution is -0.159. The molecule has 0 bridgehead atoms. The van der Waals surface area contributed by atoms with Crippen molar-refractivity contribution in [3.8, 4) is 5.75 Å². The largest absolute Gasteiger partial charge is 0.497 e. The van der Waals surface area contributed by atoms with Gasteiger partial charge in [0.25, 0.3) is 0 Å². The van der Waals surface area contributed by atoms with Crippen LogP contribution in [0.5, 0.6) is 5.75 Å². The Morgan fingerprint density at radius 3 is 2.81 bits per heavy atom. The highest BCUT2D eigenvalue weighted by Crippen LogP contribution is 2.22. The molecular weight excluding hydrogens is 272 g/mol. The molecule has 0 radical (unpaired) electrons. The monoisotopic (exact) mass is 292 g/mol. The van der Waals surface area contributed by atoms with Gasteiger partial charge in [0, 0.05) is 5.56 Å². The van der Waals surface area contributed by atoms with E-state index in [0.29, 0.717) is 18.9 Å². The third kappa shape index (κ3) is 4.27. The molecule has 0 unspecified atom stereocenters. The van der Waals surface area contributed by atoms with E-state index in [1.807, 2.05) is 31.2 Å². The summed E-state index contributed by atoms with van der Waals surface area (Å²) in [7, 11) is 1.61. The van der Waals surface area contributed by atoms with Gasteiger partial charge in [-0.25, -0.2) is 5.43 Å². The summed E-state index contributed by atoms with van der Waals surface area (Å²) in [6.45, 7) is 4.59. The van der Waals surface area contributed by atoms with Gasteiger partial charge in [-0.1, -0.05) is 12.1 Å². The minimum absolute atomic E-state index is 0.113. The highest BCUT2D eigenvalue weighted by molar-refractivity contribution is 5.99. The topological polar surface area (TPSA) is 69.2 Å². The molecule has 1 aliphatic heterocycles. The van der Waals surface area contributed by atoms with Gasteiger partial charge in [-0.05, 0) is 26.0 Å². The summed E-state index contributed by atoms with van der Waals surface area (Å²) in [6, 6.07) is 7.48. The number of hydrogen-bond acceptors (Lipinski definition) is 5. The van der Waals surface area contributed by atoms with Gasteiger partial charge in [-0.15, -0.1) is 0 Å². The summed E-state index contributed by atoms with van der Waals surface area (Å²) in [6.07, 6.45) is 0.113. The predicted octanol–water partition coefficient (Wildman–Crippen LogP) is 1.69. The van der Waals surface area contributed by atoms with Gasteiger partial charge in [0.15, 0.2) is 5.79 Å². The maximum absolute atomic E-state index is 11.9. The van der Waals surface area contributed by atoms with Gasteiger partial charge in [0.2, 0.25) is 5.91 Å². The first-order valence-electron chi connectivity index (χ1n) is 6.78. The van der Waals surface area contributed by atoms with Crippen molar-refractivity contribution in [3.05, 3.63) is 29.8 Å². The van der Waals surface area contributed by atoms with Crippen LogP contribution < -0.4 is 10.2 Å². The third-order valence-corrected chi connectivity index (χ3v) is 3.22. The van der Waals surface area contributed by atoms with Gasteiger partial charge in [0.05, 0.1) is 32.5 Å². The van der Waals surface area contributed by atoms with Crippen molar-refractivity contribution in [2.75, 3.05) is 20.3 Å². The molecule has 6 heteroatoms. The first-order valence-corrected chi connectivity index (χ1v) is 6.78. The molecular formula is C15H20N2O4. The molecule has 0 aliphatic carbocycles. The van der Waals surface area contributed by atoms with E-state index in [4.69, 9.17) is 14.2 Å². The van der Waals surface area contributed by atoms with Crippen molar-refractivity contribution in [1.82, 2.24) is 5.43 Å². The molecule has 1 saturated heterocycles. The summed E-state index contributed by atoms with van der Waals surface area (Å²) < 4.78 is 15.9. The first-order chi connectivity index (χ1) is 10.0. The number of hydrogen-bond donors (Lipinski definition) is 1. The first kappa shape index (κ1) is 15.5. The van der Waals surface area contributed by atoms with Crippen molar-refractivity contribution in [2.24, 2.45) is 5.10 Å². The molecule has 0 atom stereocenters. The van der Waals surface area contributed by atoms with Crippen LogP contribution in [0.3, 0.4) is 0 Å². The summed E-state index contributed by atoms with van der Waals surface area (Å²) in [5.74, 6) is -0.348. The van der Waals surface area contributed by atoms with Crippen LogP contribution in [0.1, 0.15) is 25.8 Å². The summed E-state index contributed by atoms with van der Waals surface area (Å²) in [4.78, 5) is 11.9. The van der Waals surface area contributed by atoms with E-state index in [1.165, 1.54) is 0 Å². The number of nitrogens with zero attached hydrogens (tertiary/aromatic N) is 1. The van der Waals surface area contributed by atoms with Gasteiger partial charge in [-0.2, -0.15) is 5.10 Å². The molecule has 1 aliphatic rings. The quantitative estimate of drug-likeness (QED) is 0.662. The van der Waals surface area contributed by atoms with Gasteiger partial charge in [-0.3, -0.25) is 4.79 Å². The zero-order valence-corrected chi connectivity index (χ0v) is 12.5. The number of rotatable bonds is 5. The van der Waals surface area contributed by atoms with Crippen LogP contribution in [0.15, 0.2) is 29.4 Å². The second-order valence-corrected chi connectivity index (χ2v) is 4.97. The summed E-state index contributed by atoms with van der Waals surface area (Å²) in [5.41, 5.74) is 4.10. The zero-order valence-electron chi connectivity index (χ0n) is 12.5. The fourth-order valence-corrected chi connectivity index (χ4v) is 2.05. The van der Waals surface area contributed by atoms with E-state index < -0.39 is 5.79 Å². The molecule has 1 aromatic carbocycles.